The number of hydrogen-bond donors (Lipinski definition) is 2. The zero-order valence-corrected chi connectivity index (χ0v) is 16.5. The van der Waals surface area contributed by atoms with Crippen molar-refractivity contribution in [3.8, 4) is 0 Å². The van der Waals surface area contributed by atoms with Crippen molar-refractivity contribution in [2.75, 3.05) is 25.4 Å². The summed E-state index contributed by atoms with van der Waals surface area (Å²) in [5, 5.41) is 3.83. The lowest BCUT2D eigenvalue weighted by Gasteiger charge is -2.15. The Morgan fingerprint density at radius 2 is 1.88 bits per heavy atom. The highest BCUT2D eigenvalue weighted by molar-refractivity contribution is 7.89. The monoisotopic (exact) mass is 377 g/mol. The van der Waals surface area contributed by atoms with Gasteiger partial charge < -0.3 is 10.3 Å². The Morgan fingerprint density at radius 3 is 2.58 bits per heavy atom. The van der Waals surface area contributed by atoms with Crippen molar-refractivity contribution in [3.05, 3.63) is 34.5 Å². The van der Waals surface area contributed by atoms with Gasteiger partial charge in [0.1, 0.15) is 0 Å². The van der Waals surface area contributed by atoms with Crippen LogP contribution in [0.5, 0.6) is 0 Å². The number of aromatic amines is 1. The number of amides is 1. The molecule has 1 fully saturated rings. The maximum atomic E-state index is 12.3. The van der Waals surface area contributed by atoms with E-state index in [1.54, 1.807) is 0 Å². The second-order valence-corrected chi connectivity index (χ2v) is 9.27. The third kappa shape index (κ3) is 3.94. The molecule has 7 heteroatoms. The summed E-state index contributed by atoms with van der Waals surface area (Å²) in [5.41, 5.74) is 5.34. The molecule has 0 aliphatic carbocycles. The lowest BCUT2D eigenvalue weighted by atomic mass is 10.0. The molecule has 1 aromatic heterocycles. The number of carbonyl (C=O) groups excluding carboxylic acids is 1. The number of nitrogens with one attached hydrogen (secondary N) is 2. The Bertz CT molecular complexity index is 925. The van der Waals surface area contributed by atoms with Gasteiger partial charge in [-0.2, -0.15) is 0 Å². The molecular formula is C19H27N3O3S. The van der Waals surface area contributed by atoms with Crippen molar-refractivity contribution in [1.82, 2.24) is 14.6 Å². The SMILES string of the molecule is Cc1cc(C)c2[nH]c(C)c(CC(=O)NCCS(=O)(=O)N3CCCC3)c2c1. The van der Waals surface area contributed by atoms with E-state index < -0.39 is 10.0 Å². The topological polar surface area (TPSA) is 82.3 Å². The van der Waals surface area contributed by atoms with Crippen LogP contribution in [-0.2, 0) is 21.2 Å². The lowest BCUT2D eigenvalue weighted by Crippen LogP contribution is -2.36. The van der Waals surface area contributed by atoms with E-state index >= 15 is 0 Å². The number of aryl methyl sites for hydroxylation is 3. The third-order valence-electron chi connectivity index (χ3n) is 5.05. The molecule has 2 aromatic rings. The van der Waals surface area contributed by atoms with Gasteiger partial charge >= 0.3 is 0 Å². The minimum atomic E-state index is -3.26. The van der Waals surface area contributed by atoms with Crippen molar-refractivity contribution in [2.24, 2.45) is 0 Å². The minimum absolute atomic E-state index is 0.0379. The summed E-state index contributed by atoms with van der Waals surface area (Å²) in [6, 6.07) is 4.21. The molecule has 3 rings (SSSR count). The molecular weight excluding hydrogens is 350 g/mol. The number of sulfonamides is 1. The molecule has 1 amide bonds. The molecule has 0 saturated carbocycles. The van der Waals surface area contributed by atoms with Crippen LogP contribution in [0.15, 0.2) is 12.1 Å². The van der Waals surface area contributed by atoms with Crippen molar-refractivity contribution in [2.45, 2.75) is 40.0 Å². The van der Waals surface area contributed by atoms with Crippen LogP contribution in [0.25, 0.3) is 10.9 Å². The Labute approximate surface area is 155 Å². The van der Waals surface area contributed by atoms with Crippen LogP contribution in [0.3, 0.4) is 0 Å². The Hall–Kier alpha value is -1.86. The molecule has 2 heterocycles. The molecule has 0 unspecified atom stereocenters. The number of aromatic nitrogens is 1. The van der Waals surface area contributed by atoms with Crippen molar-refractivity contribution in [3.63, 3.8) is 0 Å². The van der Waals surface area contributed by atoms with Gasteiger partial charge in [-0.1, -0.05) is 11.6 Å². The number of rotatable bonds is 6. The molecule has 1 aliphatic rings. The summed E-state index contributed by atoms with van der Waals surface area (Å²) in [4.78, 5) is 15.7. The third-order valence-corrected chi connectivity index (χ3v) is 6.92. The first kappa shape index (κ1) is 18.9. The van der Waals surface area contributed by atoms with E-state index in [4.69, 9.17) is 0 Å². The fraction of sp³-hybridized carbons (Fsp3) is 0.526. The van der Waals surface area contributed by atoms with E-state index in [0.29, 0.717) is 13.1 Å². The van der Waals surface area contributed by atoms with Gasteiger partial charge in [0.2, 0.25) is 15.9 Å². The fourth-order valence-electron chi connectivity index (χ4n) is 3.70. The second kappa shape index (κ2) is 7.40. The first-order valence-electron chi connectivity index (χ1n) is 9.11. The van der Waals surface area contributed by atoms with E-state index in [0.717, 1.165) is 46.1 Å². The number of nitrogens with zero attached hydrogens (tertiary/aromatic N) is 1. The lowest BCUT2D eigenvalue weighted by molar-refractivity contribution is -0.120. The van der Waals surface area contributed by atoms with Crippen molar-refractivity contribution < 1.29 is 13.2 Å². The molecule has 142 valence electrons. The first-order valence-corrected chi connectivity index (χ1v) is 10.7. The number of fused-ring (bicyclic) bond motifs is 1. The molecule has 0 atom stereocenters. The second-order valence-electron chi connectivity index (χ2n) is 7.18. The maximum absolute atomic E-state index is 12.3. The predicted octanol–water partition coefficient (Wildman–Crippen LogP) is 2.18. The van der Waals surface area contributed by atoms with Crippen molar-refractivity contribution >= 4 is 26.8 Å². The summed E-state index contributed by atoms with van der Waals surface area (Å²) < 4.78 is 25.9. The normalized spacial score (nSPS) is 15.7. The zero-order chi connectivity index (χ0) is 18.9. The van der Waals surface area contributed by atoms with Gasteiger partial charge in [0.15, 0.2) is 0 Å². The largest absolute Gasteiger partial charge is 0.358 e. The molecule has 6 nitrogen and oxygen atoms in total. The van der Waals surface area contributed by atoms with E-state index in [9.17, 15) is 13.2 Å². The molecule has 1 saturated heterocycles. The fourth-order valence-corrected chi connectivity index (χ4v) is 5.13. The highest BCUT2D eigenvalue weighted by atomic mass is 32.2. The molecule has 26 heavy (non-hydrogen) atoms. The van der Waals surface area contributed by atoms with Gasteiger partial charge in [-0.15, -0.1) is 0 Å². The molecule has 0 spiro atoms. The predicted molar refractivity (Wildman–Crippen MR) is 104 cm³/mol. The summed E-state index contributed by atoms with van der Waals surface area (Å²) >= 11 is 0. The molecule has 0 radical (unpaired) electrons. The van der Waals surface area contributed by atoms with E-state index in [1.165, 1.54) is 4.31 Å². The Balaban J connectivity index is 1.63. The van der Waals surface area contributed by atoms with E-state index in [2.05, 4.69) is 29.4 Å². The van der Waals surface area contributed by atoms with E-state index in [1.807, 2.05) is 13.8 Å². The Kier molecular flexibility index (Phi) is 5.39. The van der Waals surface area contributed by atoms with Crippen LogP contribution in [0.2, 0.25) is 0 Å². The van der Waals surface area contributed by atoms with Gasteiger partial charge in [-0.25, -0.2) is 12.7 Å². The Morgan fingerprint density at radius 1 is 1.19 bits per heavy atom. The maximum Gasteiger partial charge on any atom is 0.224 e. The van der Waals surface area contributed by atoms with Crippen LogP contribution in [-0.4, -0.2) is 49.0 Å². The summed E-state index contributed by atoms with van der Waals surface area (Å²) in [5.74, 6) is -0.186. The van der Waals surface area contributed by atoms with Gasteiger partial charge in [-0.05, 0) is 50.8 Å². The van der Waals surface area contributed by atoms with Gasteiger partial charge in [0.05, 0.1) is 12.2 Å². The van der Waals surface area contributed by atoms with Crippen molar-refractivity contribution in [1.29, 1.82) is 0 Å². The summed E-state index contributed by atoms with van der Waals surface area (Å²) in [6.45, 7) is 7.42. The molecule has 1 aliphatic heterocycles. The van der Waals surface area contributed by atoms with Gasteiger partial charge in [0.25, 0.3) is 0 Å². The average molecular weight is 378 g/mol. The quantitative estimate of drug-likeness (QED) is 0.809. The van der Waals surface area contributed by atoms with Crippen LogP contribution in [0, 0.1) is 20.8 Å². The number of benzene rings is 1. The standard InChI is InChI=1S/C19H27N3O3S/c1-13-10-14(2)19-17(11-13)16(15(3)21-19)12-18(23)20-6-9-26(24,25)22-7-4-5-8-22/h10-11,21H,4-9,12H2,1-3H3,(H,20,23). The van der Waals surface area contributed by atoms with Crippen LogP contribution in [0.4, 0.5) is 0 Å². The number of hydrogen-bond acceptors (Lipinski definition) is 3. The number of carbonyl (C=O) groups is 1. The summed E-state index contributed by atoms with van der Waals surface area (Å²) in [6.07, 6.45) is 2.09. The smallest absolute Gasteiger partial charge is 0.224 e. The molecule has 1 aromatic carbocycles. The summed E-state index contributed by atoms with van der Waals surface area (Å²) in [7, 11) is -3.26. The highest BCUT2D eigenvalue weighted by Crippen LogP contribution is 2.26. The van der Waals surface area contributed by atoms with Crippen LogP contribution < -0.4 is 5.32 Å². The van der Waals surface area contributed by atoms with E-state index in [-0.39, 0.29) is 24.6 Å². The van der Waals surface area contributed by atoms with Gasteiger partial charge in [-0.3, -0.25) is 4.79 Å². The highest BCUT2D eigenvalue weighted by Gasteiger charge is 2.25. The van der Waals surface area contributed by atoms with Gasteiger partial charge in [0, 0.05) is 36.2 Å². The molecule has 2 N–H and O–H groups in total. The average Bonchev–Trinajstić information content (AvgIpc) is 3.18. The van der Waals surface area contributed by atoms with Crippen LogP contribution in [0.1, 0.15) is 35.2 Å². The molecule has 0 bridgehead atoms. The zero-order valence-electron chi connectivity index (χ0n) is 15.7. The van der Waals surface area contributed by atoms with Crippen LogP contribution >= 0.6 is 0 Å². The first-order chi connectivity index (χ1) is 12.3. The minimum Gasteiger partial charge on any atom is -0.358 e. The number of H-pyrrole nitrogens is 1.